The van der Waals surface area contributed by atoms with Crippen LogP contribution in [0.4, 0.5) is 0 Å². The molecule has 0 aliphatic rings. The third kappa shape index (κ3) is 4.38. The highest BCUT2D eigenvalue weighted by molar-refractivity contribution is 5.27. The molecule has 4 heteroatoms. The van der Waals surface area contributed by atoms with E-state index in [0.29, 0.717) is 6.61 Å². The van der Waals surface area contributed by atoms with E-state index in [1.54, 1.807) is 6.20 Å². The van der Waals surface area contributed by atoms with Gasteiger partial charge in [-0.15, -0.1) is 0 Å². The second-order valence-corrected chi connectivity index (χ2v) is 5.05. The van der Waals surface area contributed by atoms with E-state index in [2.05, 4.69) is 21.7 Å². The molecule has 4 nitrogen and oxygen atoms in total. The van der Waals surface area contributed by atoms with Crippen molar-refractivity contribution in [1.29, 1.82) is 0 Å². The molecule has 1 N–H and O–H groups in total. The number of aliphatic hydroxyl groups is 1. The van der Waals surface area contributed by atoms with Gasteiger partial charge in [-0.05, 0) is 44.4 Å². The van der Waals surface area contributed by atoms with Crippen LogP contribution in [-0.4, -0.2) is 27.4 Å². The van der Waals surface area contributed by atoms with Crippen LogP contribution in [0, 0.1) is 6.92 Å². The Hall–Kier alpha value is -1.81. The van der Waals surface area contributed by atoms with E-state index in [9.17, 15) is 5.11 Å². The van der Waals surface area contributed by atoms with Crippen LogP contribution in [0.25, 0.3) is 0 Å². The van der Waals surface area contributed by atoms with E-state index < -0.39 is 0 Å². The average Bonchev–Trinajstić information content (AvgIpc) is 2.83. The maximum Gasteiger partial charge on any atom is 0.119 e. The fourth-order valence-electron chi connectivity index (χ4n) is 2.03. The van der Waals surface area contributed by atoms with E-state index in [1.165, 1.54) is 5.56 Å². The third-order valence-electron chi connectivity index (χ3n) is 3.30. The highest BCUT2D eigenvalue weighted by atomic mass is 16.5. The largest absolute Gasteiger partial charge is 0.492 e. The van der Waals surface area contributed by atoms with Gasteiger partial charge in [0.05, 0.1) is 12.6 Å². The monoisotopic (exact) mass is 274 g/mol. The summed E-state index contributed by atoms with van der Waals surface area (Å²) >= 11 is 0. The van der Waals surface area contributed by atoms with E-state index in [0.717, 1.165) is 31.0 Å². The van der Waals surface area contributed by atoms with Crippen LogP contribution < -0.4 is 4.74 Å². The molecule has 0 saturated carbocycles. The zero-order chi connectivity index (χ0) is 14.4. The molecule has 2 aromatic rings. The molecular formula is C16H22N2O2. The lowest BCUT2D eigenvalue weighted by Gasteiger charge is -2.09. The number of aryl methyl sites for hydroxylation is 2. The van der Waals surface area contributed by atoms with Crippen LogP contribution in [-0.2, 0) is 13.0 Å². The van der Waals surface area contributed by atoms with Crippen molar-refractivity contribution in [3.05, 3.63) is 48.0 Å². The quantitative estimate of drug-likeness (QED) is 0.844. The fourth-order valence-corrected chi connectivity index (χ4v) is 2.03. The molecule has 2 rings (SSSR count). The van der Waals surface area contributed by atoms with Crippen molar-refractivity contribution >= 4 is 0 Å². The summed E-state index contributed by atoms with van der Waals surface area (Å²) in [4.78, 5) is 4.18. The van der Waals surface area contributed by atoms with E-state index in [1.807, 2.05) is 32.2 Å². The number of hydrogen-bond donors (Lipinski definition) is 1. The predicted octanol–water partition coefficient (Wildman–Crippen LogP) is 2.58. The summed E-state index contributed by atoms with van der Waals surface area (Å²) < 4.78 is 7.78. The molecule has 0 fully saturated rings. The van der Waals surface area contributed by atoms with Crippen LogP contribution in [0.5, 0.6) is 5.75 Å². The van der Waals surface area contributed by atoms with Crippen LogP contribution in [0.2, 0.25) is 0 Å². The zero-order valence-corrected chi connectivity index (χ0v) is 12.1. The second kappa shape index (κ2) is 7.10. The molecule has 1 unspecified atom stereocenters. The summed E-state index contributed by atoms with van der Waals surface area (Å²) in [6.45, 7) is 5.23. The Kier molecular flexibility index (Phi) is 5.18. The highest BCUT2D eigenvalue weighted by Gasteiger charge is 2.00. The minimum Gasteiger partial charge on any atom is -0.492 e. The SMILES string of the molecule is Cc1nccn1CCOc1ccc(CCC(C)O)cc1. The van der Waals surface area contributed by atoms with Gasteiger partial charge in [-0.2, -0.15) is 0 Å². The lowest BCUT2D eigenvalue weighted by Crippen LogP contribution is -2.08. The molecule has 1 aromatic carbocycles. The lowest BCUT2D eigenvalue weighted by atomic mass is 10.1. The molecule has 108 valence electrons. The molecule has 1 aromatic heterocycles. The number of rotatable bonds is 7. The lowest BCUT2D eigenvalue weighted by molar-refractivity contribution is 0.185. The Morgan fingerprint density at radius 2 is 2.05 bits per heavy atom. The van der Waals surface area contributed by atoms with Crippen molar-refractivity contribution in [2.24, 2.45) is 0 Å². The Balaban J connectivity index is 1.77. The van der Waals surface area contributed by atoms with Gasteiger partial charge >= 0.3 is 0 Å². The van der Waals surface area contributed by atoms with Gasteiger partial charge in [0.2, 0.25) is 0 Å². The number of nitrogens with zero attached hydrogens (tertiary/aromatic N) is 2. The molecule has 0 aliphatic heterocycles. The summed E-state index contributed by atoms with van der Waals surface area (Å²) in [5.74, 6) is 1.88. The topological polar surface area (TPSA) is 47.3 Å². The predicted molar refractivity (Wildman–Crippen MR) is 78.9 cm³/mol. The average molecular weight is 274 g/mol. The number of ether oxygens (including phenoxy) is 1. The first kappa shape index (κ1) is 14.6. The summed E-state index contributed by atoms with van der Waals surface area (Å²) in [6.07, 6.45) is 5.19. The number of aliphatic hydroxyl groups excluding tert-OH is 1. The molecule has 1 heterocycles. The Labute approximate surface area is 120 Å². The minimum atomic E-state index is -0.246. The van der Waals surface area contributed by atoms with Gasteiger partial charge in [0.15, 0.2) is 0 Å². The molecule has 20 heavy (non-hydrogen) atoms. The van der Waals surface area contributed by atoms with Gasteiger partial charge in [0.1, 0.15) is 18.2 Å². The fraction of sp³-hybridized carbons (Fsp3) is 0.438. The Bertz CT molecular complexity index is 518. The van der Waals surface area contributed by atoms with Crippen LogP contribution in [0.1, 0.15) is 24.7 Å². The Morgan fingerprint density at radius 3 is 2.65 bits per heavy atom. The van der Waals surface area contributed by atoms with Crippen molar-refractivity contribution in [2.75, 3.05) is 6.61 Å². The number of hydrogen-bond acceptors (Lipinski definition) is 3. The van der Waals surface area contributed by atoms with Crippen LogP contribution in [0.3, 0.4) is 0 Å². The smallest absolute Gasteiger partial charge is 0.119 e. The number of imidazole rings is 1. The van der Waals surface area contributed by atoms with Gasteiger partial charge in [-0.1, -0.05) is 12.1 Å². The van der Waals surface area contributed by atoms with Crippen molar-refractivity contribution in [3.8, 4) is 5.75 Å². The number of benzene rings is 1. The summed E-state index contributed by atoms with van der Waals surface area (Å²) in [7, 11) is 0. The van der Waals surface area contributed by atoms with Crippen molar-refractivity contribution in [2.45, 2.75) is 39.3 Å². The van der Waals surface area contributed by atoms with Crippen LogP contribution in [0.15, 0.2) is 36.7 Å². The minimum absolute atomic E-state index is 0.246. The molecule has 0 bridgehead atoms. The third-order valence-corrected chi connectivity index (χ3v) is 3.30. The molecular weight excluding hydrogens is 252 g/mol. The maximum absolute atomic E-state index is 9.27. The van der Waals surface area contributed by atoms with Gasteiger partial charge in [0.25, 0.3) is 0 Å². The first-order valence-corrected chi connectivity index (χ1v) is 7.02. The Morgan fingerprint density at radius 1 is 1.30 bits per heavy atom. The summed E-state index contributed by atoms with van der Waals surface area (Å²) in [5.41, 5.74) is 1.23. The van der Waals surface area contributed by atoms with Gasteiger partial charge in [-0.3, -0.25) is 0 Å². The molecule has 0 spiro atoms. The van der Waals surface area contributed by atoms with Gasteiger partial charge in [-0.25, -0.2) is 4.98 Å². The highest BCUT2D eigenvalue weighted by Crippen LogP contribution is 2.14. The van der Waals surface area contributed by atoms with Gasteiger partial charge < -0.3 is 14.4 Å². The van der Waals surface area contributed by atoms with E-state index in [-0.39, 0.29) is 6.10 Å². The van der Waals surface area contributed by atoms with E-state index >= 15 is 0 Å². The zero-order valence-electron chi connectivity index (χ0n) is 12.1. The molecule has 0 radical (unpaired) electrons. The van der Waals surface area contributed by atoms with Gasteiger partial charge in [0, 0.05) is 12.4 Å². The van der Waals surface area contributed by atoms with E-state index in [4.69, 9.17) is 4.74 Å². The van der Waals surface area contributed by atoms with Crippen molar-refractivity contribution in [1.82, 2.24) is 9.55 Å². The summed E-state index contributed by atoms with van der Waals surface area (Å²) in [6, 6.07) is 8.08. The molecule has 1 atom stereocenters. The van der Waals surface area contributed by atoms with Crippen molar-refractivity contribution in [3.63, 3.8) is 0 Å². The molecule has 0 aliphatic carbocycles. The number of aromatic nitrogens is 2. The first-order valence-electron chi connectivity index (χ1n) is 7.02. The second-order valence-electron chi connectivity index (χ2n) is 5.05. The molecule has 0 saturated heterocycles. The first-order chi connectivity index (χ1) is 9.65. The maximum atomic E-state index is 9.27. The van der Waals surface area contributed by atoms with Crippen molar-refractivity contribution < 1.29 is 9.84 Å². The standard InChI is InChI=1S/C16H22N2O2/c1-13(19)3-4-15-5-7-16(8-6-15)20-12-11-18-10-9-17-14(18)2/h5-10,13,19H,3-4,11-12H2,1-2H3. The molecule has 0 amide bonds. The normalized spacial score (nSPS) is 12.3. The van der Waals surface area contributed by atoms with Crippen LogP contribution >= 0.6 is 0 Å². The summed E-state index contributed by atoms with van der Waals surface area (Å²) in [5, 5.41) is 9.27.